The van der Waals surface area contributed by atoms with E-state index in [-0.39, 0.29) is 5.92 Å². The van der Waals surface area contributed by atoms with E-state index in [1.807, 2.05) is 0 Å². The molecule has 0 saturated heterocycles. The summed E-state index contributed by atoms with van der Waals surface area (Å²) in [4.78, 5) is 0. The molecule has 0 bridgehead atoms. The van der Waals surface area contributed by atoms with Gasteiger partial charge >= 0.3 is 0 Å². The first-order valence-electron chi connectivity index (χ1n) is 13.9. The number of hydrogen-bond acceptors (Lipinski definition) is 0. The zero-order valence-corrected chi connectivity index (χ0v) is 20.0. The summed E-state index contributed by atoms with van der Waals surface area (Å²) in [6, 6.07) is 0. The van der Waals surface area contributed by atoms with Crippen molar-refractivity contribution in [3.63, 3.8) is 0 Å². The van der Waals surface area contributed by atoms with Gasteiger partial charge in [-0.05, 0) is 113 Å². The van der Waals surface area contributed by atoms with Crippen LogP contribution in [-0.2, 0) is 0 Å². The van der Waals surface area contributed by atoms with Gasteiger partial charge in [0.1, 0.15) is 12.3 Å². The third-order valence-electron chi connectivity index (χ3n) is 9.69. The van der Waals surface area contributed by atoms with E-state index in [1.165, 1.54) is 89.9 Å². The number of alkyl halides is 2. The van der Waals surface area contributed by atoms with E-state index in [9.17, 15) is 8.78 Å². The summed E-state index contributed by atoms with van der Waals surface area (Å²) in [6.45, 7) is 2.34. The molecule has 0 N–H and O–H groups in total. The van der Waals surface area contributed by atoms with Gasteiger partial charge in [0.25, 0.3) is 0 Å². The van der Waals surface area contributed by atoms with Crippen LogP contribution in [0.1, 0.15) is 116 Å². The van der Waals surface area contributed by atoms with Gasteiger partial charge in [0.15, 0.2) is 0 Å². The van der Waals surface area contributed by atoms with Gasteiger partial charge in [-0.2, -0.15) is 0 Å². The fourth-order valence-electron chi connectivity index (χ4n) is 7.62. The Balaban J connectivity index is 1.15. The highest BCUT2D eigenvalue weighted by Gasteiger charge is 2.34. The van der Waals surface area contributed by atoms with Crippen LogP contribution < -0.4 is 0 Å². The average Bonchev–Trinajstić information content (AvgIpc) is 2.81. The third-order valence-corrected chi connectivity index (χ3v) is 9.69. The lowest BCUT2D eigenvalue weighted by molar-refractivity contribution is 0.104. The van der Waals surface area contributed by atoms with Gasteiger partial charge in [0, 0.05) is 11.8 Å². The summed E-state index contributed by atoms with van der Waals surface area (Å²) in [5, 5.41) is 0. The maximum atomic E-state index is 13.6. The maximum Gasteiger partial charge on any atom is 0.132 e. The molecule has 4 aliphatic carbocycles. The fraction of sp³-hybridized carbons (Fsp3) is 0.931. The average molecular weight is 433 g/mol. The molecule has 31 heavy (non-hydrogen) atoms. The fourth-order valence-corrected chi connectivity index (χ4v) is 7.62. The van der Waals surface area contributed by atoms with Gasteiger partial charge < -0.3 is 0 Å². The molecule has 0 nitrogen and oxygen atoms in total. The van der Waals surface area contributed by atoms with E-state index >= 15 is 0 Å². The predicted molar refractivity (Wildman–Crippen MR) is 126 cm³/mol. The minimum atomic E-state index is -1.29. The summed E-state index contributed by atoms with van der Waals surface area (Å²) in [7, 11) is 0. The molecule has 176 valence electrons. The molecule has 0 heterocycles. The Morgan fingerprint density at radius 1 is 0.548 bits per heavy atom. The first kappa shape index (κ1) is 23.6. The van der Waals surface area contributed by atoms with Gasteiger partial charge in [0.2, 0.25) is 0 Å². The second kappa shape index (κ2) is 11.5. The third kappa shape index (κ3) is 6.48. The Hall–Kier alpha value is -0.580. The highest BCUT2D eigenvalue weighted by Crippen LogP contribution is 2.46. The van der Waals surface area contributed by atoms with E-state index in [0.717, 1.165) is 36.0 Å². The molecule has 4 rings (SSSR count). The molecule has 0 aromatic heterocycles. The van der Waals surface area contributed by atoms with Crippen molar-refractivity contribution in [2.75, 3.05) is 0 Å². The van der Waals surface area contributed by atoms with Crippen LogP contribution >= 0.6 is 0 Å². The quantitative estimate of drug-likeness (QED) is 0.390. The summed E-state index contributed by atoms with van der Waals surface area (Å²) in [5.41, 5.74) is 0. The summed E-state index contributed by atoms with van der Waals surface area (Å²) < 4.78 is 26.9. The van der Waals surface area contributed by atoms with Crippen LogP contribution in [0.2, 0.25) is 0 Å². The Morgan fingerprint density at radius 2 is 1.00 bits per heavy atom. The van der Waals surface area contributed by atoms with Crippen LogP contribution in [0.5, 0.6) is 0 Å². The standard InChI is InChI=1S/C29H46F2/c1-2-3-21-6-11-24(12-7-21)26-15-17-27(18-16-26)25-13-8-22(9-14-25)4-5-23-10-19-28(30)29(31)20-23/h21-29H,2-3,6-20H2,1H3. The molecular formula is C29H46F2. The van der Waals surface area contributed by atoms with E-state index in [2.05, 4.69) is 18.8 Å². The number of halogens is 2. The molecule has 0 aliphatic heterocycles. The molecule has 0 radical (unpaired) electrons. The Bertz CT molecular complexity index is 580. The lowest BCUT2D eigenvalue weighted by Crippen LogP contribution is -2.29. The summed E-state index contributed by atoms with van der Waals surface area (Å²) in [6.07, 6.45) is 18.8. The van der Waals surface area contributed by atoms with Crippen molar-refractivity contribution in [1.29, 1.82) is 0 Å². The first-order chi connectivity index (χ1) is 15.1. The van der Waals surface area contributed by atoms with Crippen molar-refractivity contribution < 1.29 is 8.78 Å². The van der Waals surface area contributed by atoms with E-state index in [0.29, 0.717) is 18.8 Å². The van der Waals surface area contributed by atoms with Crippen molar-refractivity contribution in [1.82, 2.24) is 0 Å². The Kier molecular flexibility index (Phi) is 8.76. The normalized spacial score (nSPS) is 44.3. The van der Waals surface area contributed by atoms with E-state index in [1.54, 1.807) is 0 Å². The molecule has 3 unspecified atom stereocenters. The molecule has 0 aromatic carbocycles. The smallest absolute Gasteiger partial charge is 0.132 e. The van der Waals surface area contributed by atoms with Crippen molar-refractivity contribution in [3.8, 4) is 11.8 Å². The molecule has 4 saturated carbocycles. The van der Waals surface area contributed by atoms with Crippen LogP contribution in [0.15, 0.2) is 0 Å². The van der Waals surface area contributed by atoms with Crippen LogP contribution in [0.3, 0.4) is 0 Å². The van der Waals surface area contributed by atoms with Crippen molar-refractivity contribution in [2.24, 2.45) is 41.4 Å². The zero-order valence-electron chi connectivity index (χ0n) is 20.0. The topological polar surface area (TPSA) is 0 Å². The Labute approximate surface area is 190 Å². The Morgan fingerprint density at radius 3 is 1.52 bits per heavy atom. The molecule has 0 spiro atoms. The van der Waals surface area contributed by atoms with Crippen LogP contribution in [0.25, 0.3) is 0 Å². The van der Waals surface area contributed by atoms with Gasteiger partial charge in [-0.1, -0.05) is 44.4 Å². The first-order valence-corrected chi connectivity index (χ1v) is 13.9. The number of rotatable bonds is 4. The van der Waals surface area contributed by atoms with E-state index in [4.69, 9.17) is 0 Å². The molecule has 4 fully saturated rings. The van der Waals surface area contributed by atoms with Crippen LogP contribution in [0.4, 0.5) is 8.78 Å². The lowest BCUT2D eigenvalue weighted by atomic mass is 9.65. The highest BCUT2D eigenvalue weighted by molar-refractivity contribution is 5.10. The molecule has 4 aliphatic rings. The van der Waals surface area contributed by atoms with Crippen LogP contribution in [-0.4, -0.2) is 12.3 Å². The second-order valence-corrected chi connectivity index (χ2v) is 11.7. The lowest BCUT2D eigenvalue weighted by Gasteiger charge is -2.41. The largest absolute Gasteiger partial charge is 0.244 e. The molecule has 3 atom stereocenters. The number of hydrogen-bond donors (Lipinski definition) is 0. The van der Waals surface area contributed by atoms with Gasteiger partial charge in [-0.15, -0.1) is 0 Å². The van der Waals surface area contributed by atoms with Crippen molar-refractivity contribution in [3.05, 3.63) is 0 Å². The molecule has 0 aromatic rings. The second-order valence-electron chi connectivity index (χ2n) is 11.7. The minimum Gasteiger partial charge on any atom is -0.244 e. The van der Waals surface area contributed by atoms with Crippen molar-refractivity contribution >= 4 is 0 Å². The summed E-state index contributed by atoms with van der Waals surface area (Å²) >= 11 is 0. The highest BCUT2D eigenvalue weighted by atomic mass is 19.2. The summed E-state index contributed by atoms with van der Waals surface area (Å²) in [5.74, 6) is 12.4. The predicted octanol–water partition coefficient (Wildman–Crippen LogP) is 8.69. The minimum absolute atomic E-state index is 0.0899. The molecular weight excluding hydrogens is 386 g/mol. The molecule has 2 heteroatoms. The van der Waals surface area contributed by atoms with E-state index < -0.39 is 12.3 Å². The van der Waals surface area contributed by atoms with Crippen molar-refractivity contribution in [2.45, 2.75) is 128 Å². The van der Waals surface area contributed by atoms with Gasteiger partial charge in [0.05, 0.1) is 0 Å². The monoisotopic (exact) mass is 432 g/mol. The zero-order chi connectivity index (χ0) is 21.6. The molecule has 0 amide bonds. The van der Waals surface area contributed by atoms with Gasteiger partial charge in [-0.3, -0.25) is 0 Å². The van der Waals surface area contributed by atoms with Gasteiger partial charge in [-0.25, -0.2) is 8.78 Å². The maximum absolute atomic E-state index is 13.6. The van der Waals surface area contributed by atoms with Crippen LogP contribution in [0, 0.1) is 53.3 Å². The SMILES string of the molecule is CCCC1CCC(C2CCC(C3CCC(C#CC4CCC(F)C(F)C4)CC3)CC2)CC1.